The molecule has 4 atom stereocenters. The summed E-state index contributed by atoms with van der Waals surface area (Å²) < 4.78 is 28.1. The zero-order valence-electron chi connectivity index (χ0n) is 21.2. The molecule has 2 fully saturated rings. The fourth-order valence-corrected chi connectivity index (χ4v) is 5.15. The van der Waals surface area contributed by atoms with Crippen molar-refractivity contribution >= 4 is 16.9 Å². The Morgan fingerprint density at radius 1 is 1.33 bits per heavy atom. The molecule has 3 aromatic rings. The smallest absolute Gasteiger partial charge is 0.223 e. The summed E-state index contributed by atoms with van der Waals surface area (Å²) in [6.45, 7) is 7.03. The van der Waals surface area contributed by atoms with Gasteiger partial charge in [0.05, 0.1) is 30.5 Å². The van der Waals surface area contributed by atoms with Crippen molar-refractivity contribution in [3.05, 3.63) is 51.7 Å². The van der Waals surface area contributed by atoms with Crippen LogP contribution < -0.4 is 10.7 Å². The topological polar surface area (TPSA) is 102 Å². The molecule has 2 aliphatic heterocycles. The number of benzene rings is 1. The van der Waals surface area contributed by atoms with Gasteiger partial charge in [-0.1, -0.05) is 6.07 Å². The number of anilines is 1. The quantitative estimate of drug-likeness (QED) is 0.536. The highest BCUT2D eigenvalue weighted by atomic mass is 19.1. The third-order valence-corrected chi connectivity index (χ3v) is 6.86. The molecule has 0 amide bonds. The van der Waals surface area contributed by atoms with E-state index in [1.165, 1.54) is 0 Å². The van der Waals surface area contributed by atoms with Crippen LogP contribution in [-0.4, -0.2) is 69.8 Å². The van der Waals surface area contributed by atoms with Gasteiger partial charge in [0.2, 0.25) is 5.95 Å². The molecule has 10 heteroatoms. The first kappa shape index (κ1) is 24.8. The number of fused-ring (bicyclic) bond motifs is 3. The standard InChI is InChI=1S/C26H32FN5O4/c1-13(2)32-20-8-15(6-7-17(20)23(33)14(3)21(32)11-31(4)5)22-18(27)10-28-26(30-22)29-19-9-16-12-35-25(36-16)24(19)34/h6-8,10,13,16,19,24-25,34H,9,11-12H2,1-5H3,(H,28,29,30)/t16-,19+,24-,25+/m0/s1. The van der Waals surface area contributed by atoms with Crippen LogP contribution in [0.3, 0.4) is 0 Å². The molecule has 5 rings (SSSR count). The summed E-state index contributed by atoms with van der Waals surface area (Å²) >= 11 is 0. The summed E-state index contributed by atoms with van der Waals surface area (Å²) in [7, 11) is 3.93. The molecule has 0 radical (unpaired) electrons. The molecule has 2 N–H and O–H groups in total. The zero-order chi connectivity index (χ0) is 25.7. The Kier molecular flexibility index (Phi) is 6.54. The number of aromatic nitrogens is 3. The predicted octanol–water partition coefficient (Wildman–Crippen LogP) is 2.84. The van der Waals surface area contributed by atoms with Gasteiger partial charge in [0.1, 0.15) is 11.8 Å². The summed E-state index contributed by atoms with van der Waals surface area (Å²) in [5.41, 5.74) is 3.01. The summed E-state index contributed by atoms with van der Waals surface area (Å²) in [6, 6.07) is 4.98. The molecule has 0 spiro atoms. The SMILES string of the molecule is Cc1c(CN(C)C)n(C(C)C)c2cc(-c3nc(N[C@@H]4C[C@H]5CO[C@H](O5)[C@H]4O)ncc3F)ccc2c1=O. The van der Waals surface area contributed by atoms with Gasteiger partial charge in [-0.05, 0) is 53.4 Å². The lowest BCUT2D eigenvalue weighted by Gasteiger charge is -2.32. The molecular weight excluding hydrogens is 465 g/mol. The minimum Gasteiger partial charge on any atom is -0.386 e. The van der Waals surface area contributed by atoms with Crippen molar-refractivity contribution < 1.29 is 19.0 Å². The molecule has 0 saturated carbocycles. The van der Waals surface area contributed by atoms with Crippen molar-refractivity contribution in [3.8, 4) is 11.3 Å². The van der Waals surface area contributed by atoms with Crippen LogP contribution in [0.15, 0.2) is 29.2 Å². The van der Waals surface area contributed by atoms with E-state index in [0.717, 1.165) is 17.4 Å². The van der Waals surface area contributed by atoms with Crippen LogP contribution in [0.1, 0.15) is 37.6 Å². The second kappa shape index (κ2) is 9.51. The number of nitrogens with zero attached hydrogens (tertiary/aromatic N) is 4. The van der Waals surface area contributed by atoms with Gasteiger partial charge in [0.25, 0.3) is 0 Å². The van der Waals surface area contributed by atoms with Gasteiger partial charge >= 0.3 is 0 Å². The molecule has 2 saturated heterocycles. The molecule has 192 valence electrons. The van der Waals surface area contributed by atoms with Gasteiger partial charge in [-0.25, -0.2) is 14.4 Å². The summed E-state index contributed by atoms with van der Waals surface area (Å²) in [5, 5.41) is 14.2. The average Bonchev–Trinajstić information content (AvgIpc) is 3.24. The monoisotopic (exact) mass is 497 g/mol. The molecule has 4 heterocycles. The summed E-state index contributed by atoms with van der Waals surface area (Å²) in [4.78, 5) is 23.8. The Morgan fingerprint density at radius 2 is 2.11 bits per heavy atom. The number of aliphatic hydroxyl groups is 1. The Morgan fingerprint density at radius 3 is 2.83 bits per heavy atom. The number of halogens is 1. The maximum Gasteiger partial charge on any atom is 0.223 e. The normalized spacial score (nSPS) is 23.7. The molecule has 0 aliphatic carbocycles. The van der Waals surface area contributed by atoms with Crippen LogP contribution in [0, 0.1) is 12.7 Å². The van der Waals surface area contributed by atoms with Crippen LogP contribution >= 0.6 is 0 Å². The Labute approximate surface area is 208 Å². The van der Waals surface area contributed by atoms with E-state index in [0.29, 0.717) is 36.1 Å². The first-order valence-electron chi connectivity index (χ1n) is 12.2. The highest BCUT2D eigenvalue weighted by Crippen LogP contribution is 2.31. The van der Waals surface area contributed by atoms with Gasteiger partial charge in [-0.15, -0.1) is 0 Å². The van der Waals surface area contributed by atoms with Crippen LogP contribution in [0.5, 0.6) is 0 Å². The molecule has 2 aliphatic rings. The lowest BCUT2D eigenvalue weighted by Crippen LogP contribution is -2.48. The number of hydrogen-bond donors (Lipinski definition) is 2. The Balaban J connectivity index is 1.57. The summed E-state index contributed by atoms with van der Waals surface area (Å²) in [5.74, 6) is -0.370. The number of pyridine rings is 1. The first-order chi connectivity index (χ1) is 17.1. The zero-order valence-corrected chi connectivity index (χ0v) is 21.2. The molecule has 9 nitrogen and oxygen atoms in total. The maximum absolute atomic E-state index is 15.0. The first-order valence-corrected chi connectivity index (χ1v) is 12.2. The Bertz CT molecular complexity index is 1360. The minimum absolute atomic E-state index is 0.0267. The fraction of sp³-hybridized carbons (Fsp3) is 0.500. The molecular formula is C26H32FN5O4. The minimum atomic E-state index is -0.889. The van der Waals surface area contributed by atoms with Crippen molar-refractivity contribution in [2.24, 2.45) is 0 Å². The lowest BCUT2D eigenvalue weighted by atomic mass is 10.0. The molecule has 36 heavy (non-hydrogen) atoms. The van der Waals surface area contributed by atoms with E-state index in [-0.39, 0.29) is 35.3 Å². The van der Waals surface area contributed by atoms with Gasteiger partial charge in [0.15, 0.2) is 17.5 Å². The number of hydrogen-bond acceptors (Lipinski definition) is 8. The van der Waals surface area contributed by atoms with Gasteiger partial charge in [-0.2, -0.15) is 0 Å². The van der Waals surface area contributed by atoms with Crippen molar-refractivity contribution in [3.63, 3.8) is 0 Å². The predicted molar refractivity (Wildman–Crippen MR) is 134 cm³/mol. The van der Waals surface area contributed by atoms with Crippen LogP contribution in [0.4, 0.5) is 10.3 Å². The molecule has 2 bridgehead atoms. The third-order valence-electron chi connectivity index (χ3n) is 6.86. The van der Waals surface area contributed by atoms with Crippen LogP contribution in [0.25, 0.3) is 22.2 Å². The lowest BCUT2D eigenvalue weighted by molar-refractivity contribution is -0.156. The van der Waals surface area contributed by atoms with Crippen molar-refractivity contribution in [2.75, 3.05) is 26.0 Å². The molecule has 1 aromatic carbocycles. The van der Waals surface area contributed by atoms with Crippen molar-refractivity contribution in [2.45, 2.75) is 64.3 Å². The van der Waals surface area contributed by atoms with Crippen LogP contribution in [-0.2, 0) is 16.0 Å². The van der Waals surface area contributed by atoms with E-state index in [1.54, 1.807) is 12.1 Å². The number of aliphatic hydroxyl groups excluding tert-OH is 1. The highest BCUT2D eigenvalue weighted by molar-refractivity contribution is 5.85. The molecule has 0 unspecified atom stereocenters. The Hall–Kier alpha value is -2.92. The van der Waals surface area contributed by atoms with Gasteiger partial charge in [-0.3, -0.25) is 4.79 Å². The van der Waals surface area contributed by atoms with Crippen molar-refractivity contribution in [1.29, 1.82) is 0 Å². The third kappa shape index (κ3) is 4.39. The van der Waals surface area contributed by atoms with Crippen molar-refractivity contribution in [1.82, 2.24) is 19.4 Å². The van der Waals surface area contributed by atoms with E-state index in [9.17, 15) is 14.3 Å². The largest absolute Gasteiger partial charge is 0.386 e. The fourth-order valence-electron chi connectivity index (χ4n) is 5.15. The van der Waals surface area contributed by atoms with E-state index in [2.05, 4.69) is 33.7 Å². The molecule has 2 aromatic heterocycles. The van der Waals surface area contributed by atoms with E-state index in [1.807, 2.05) is 32.0 Å². The number of nitrogens with one attached hydrogen (secondary N) is 1. The van der Waals surface area contributed by atoms with Crippen LogP contribution in [0.2, 0.25) is 0 Å². The highest BCUT2D eigenvalue weighted by Gasteiger charge is 2.43. The second-order valence-corrected chi connectivity index (χ2v) is 10.2. The van der Waals surface area contributed by atoms with E-state index >= 15 is 0 Å². The number of ether oxygens (including phenoxy) is 2. The van der Waals surface area contributed by atoms with E-state index < -0.39 is 18.2 Å². The second-order valence-electron chi connectivity index (χ2n) is 10.2. The van der Waals surface area contributed by atoms with Gasteiger partial charge < -0.3 is 29.4 Å². The number of rotatable bonds is 6. The maximum atomic E-state index is 15.0. The average molecular weight is 498 g/mol. The van der Waals surface area contributed by atoms with E-state index in [4.69, 9.17) is 9.47 Å². The summed E-state index contributed by atoms with van der Waals surface area (Å²) in [6.07, 6.45) is -0.0369. The van der Waals surface area contributed by atoms with Gasteiger partial charge in [0, 0.05) is 34.8 Å².